The Balaban J connectivity index is 3.48. The molecule has 0 heterocycles. The molecule has 4 nitrogen and oxygen atoms in total. The molecule has 0 aliphatic carbocycles. The second kappa shape index (κ2) is 4.34. The molecular weight excluding hydrogens is 245 g/mol. The molecule has 0 aliphatic rings. The monoisotopic (exact) mass is 253 g/mol. The van der Waals surface area contributed by atoms with E-state index in [9.17, 15) is 12.8 Å². The fourth-order valence-corrected chi connectivity index (χ4v) is 2.25. The number of nitrogens with two attached hydrogens (primary N) is 1. The highest BCUT2D eigenvalue weighted by Gasteiger charge is 2.18. The predicted molar refractivity (Wildman–Crippen MR) is 53.9 cm³/mol. The Kier molecular flexibility index (Phi) is 3.54. The maximum atomic E-state index is 13.2. The van der Waals surface area contributed by atoms with Gasteiger partial charge in [0.2, 0.25) is 0 Å². The molecular formula is C8H9ClFNO3S. The van der Waals surface area contributed by atoms with Crippen LogP contribution >= 0.6 is 10.7 Å². The zero-order valence-corrected chi connectivity index (χ0v) is 9.40. The Bertz CT molecular complexity index is 475. The molecule has 2 N–H and O–H groups in total. The minimum atomic E-state index is -4.00. The van der Waals surface area contributed by atoms with E-state index in [1.165, 1.54) is 13.2 Å². The van der Waals surface area contributed by atoms with E-state index < -0.39 is 14.9 Å². The minimum absolute atomic E-state index is 0.0699. The van der Waals surface area contributed by atoms with Crippen molar-refractivity contribution in [1.29, 1.82) is 0 Å². The summed E-state index contributed by atoms with van der Waals surface area (Å²) < 4.78 is 40.0. The average Bonchev–Trinajstić information content (AvgIpc) is 2.16. The number of rotatable bonds is 3. The third-order valence-corrected chi connectivity index (χ3v) is 3.22. The molecule has 1 rings (SSSR count). The van der Waals surface area contributed by atoms with Gasteiger partial charge in [0.25, 0.3) is 9.05 Å². The van der Waals surface area contributed by atoms with Crippen molar-refractivity contribution in [1.82, 2.24) is 0 Å². The lowest BCUT2D eigenvalue weighted by molar-refractivity contribution is 0.385. The number of benzene rings is 1. The molecule has 0 aromatic heterocycles. The van der Waals surface area contributed by atoms with E-state index in [-0.39, 0.29) is 22.8 Å². The fraction of sp³-hybridized carbons (Fsp3) is 0.250. The van der Waals surface area contributed by atoms with Gasteiger partial charge in [-0.1, -0.05) is 0 Å². The van der Waals surface area contributed by atoms with Crippen LogP contribution < -0.4 is 10.5 Å². The molecule has 84 valence electrons. The van der Waals surface area contributed by atoms with Gasteiger partial charge in [0.1, 0.15) is 0 Å². The second-order valence-corrected chi connectivity index (χ2v) is 5.27. The molecule has 15 heavy (non-hydrogen) atoms. The van der Waals surface area contributed by atoms with E-state index in [4.69, 9.17) is 16.4 Å². The lowest BCUT2D eigenvalue weighted by Gasteiger charge is -2.08. The third kappa shape index (κ3) is 2.58. The average molecular weight is 254 g/mol. The van der Waals surface area contributed by atoms with Crippen LogP contribution in [-0.2, 0) is 15.6 Å². The lowest BCUT2D eigenvalue weighted by atomic mass is 10.2. The molecule has 0 aliphatic heterocycles. The highest BCUT2D eigenvalue weighted by Crippen LogP contribution is 2.27. The standard InChI is InChI=1S/C8H9ClFNO3S/c1-14-7-2-5(4-11)8(3-6(7)10)15(9,12)13/h2-3H,4,11H2,1H3. The summed E-state index contributed by atoms with van der Waals surface area (Å²) in [6.45, 7) is -0.0715. The number of halogens is 2. The summed E-state index contributed by atoms with van der Waals surface area (Å²) in [5.41, 5.74) is 5.53. The van der Waals surface area contributed by atoms with Gasteiger partial charge in [0.15, 0.2) is 11.6 Å². The van der Waals surface area contributed by atoms with Crippen LogP contribution in [0.4, 0.5) is 4.39 Å². The van der Waals surface area contributed by atoms with Crippen LogP contribution in [0.25, 0.3) is 0 Å². The van der Waals surface area contributed by atoms with E-state index in [0.717, 1.165) is 6.07 Å². The first-order valence-corrected chi connectivity index (χ1v) is 6.22. The molecule has 0 amide bonds. The Morgan fingerprint density at radius 2 is 2.13 bits per heavy atom. The van der Waals surface area contributed by atoms with Crippen molar-refractivity contribution in [2.45, 2.75) is 11.4 Å². The largest absolute Gasteiger partial charge is 0.494 e. The van der Waals surface area contributed by atoms with Gasteiger partial charge < -0.3 is 10.5 Å². The SMILES string of the molecule is COc1cc(CN)c(S(=O)(=O)Cl)cc1F. The molecule has 0 spiro atoms. The summed E-state index contributed by atoms with van der Waals surface area (Å²) in [6, 6.07) is 2.01. The summed E-state index contributed by atoms with van der Waals surface area (Å²) in [5, 5.41) is 0. The molecule has 1 aromatic carbocycles. The Hall–Kier alpha value is -0.850. The van der Waals surface area contributed by atoms with Crippen molar-refractivity contribution >= 4 is 19.7 Å². The van der Waals surface area contributed by atoms with E-state index >= 15 is 0 Å². The number of methoxy groups -OCH3 is 1. The van der Waals surface area contributed by atoms with Crippen molar-refractivity contribution < 1.29 is 17.5 Å². The molecule has 1 aromatic rings. The van der Waals surface area contributed by atoms with Gasteiger partial charge in [-0.05, 0) is 17.7 Å². The van der Waals surface area contributed by atoms with Crippen LogP contribution in [-0.4, -0.2) is 15.5 Å². The highest BCUT2D eigenvalue weighted by atomic mass is 35.7. The van der Waals surface area contributed by atoms with Crippen molar-refractivity contribution in [3.63, 3.8) is 0 Å². The summed E-state index contributed by atoms with van der Waals surface area (Å²) in [4.78, 5) is -0.329. The highest BCUT2D eigenvalue weighted by molar-refractivity contribution is 8.13. The van der Waals surface area contributed by atoms with Crippen molar-refractivity contribution in [2.24, 2.45) is 5.73 Å². The van der Waals surface area contributed by atoms with Crippen molar-refractivity contribution in [3.05, 3.63) is 23.5 Å². The lowest BCUT2D eigenvalue weighted by Crippen LogP contribution is -2.05. The summed E-state index contributed by atoms with van der Waals surface area (Å²) in [5.74, 6) is -0.867. The first-order chi connectivity index (χ1) is 6.90. The van der Waals surface area contributed by atoms with Crippen molar-refractivity contribution in [2.75, 3.05) is 7.11 Å². The fourth-order valence-electron chi connectivity index (χ4n) is 1.12. The molecule has 0 atom stereocenters. The normalized spacial score (nSPS) is 11.5. The number of hydrogen-bond donors (Lipinski definition) is 1. The summed E-state index contributed by atoms with van der Waals surface area (Å²) in [6.07, 6.45) is 0. The van der Waals surface area contributed by atoms with Crippen LogP contribution in [0, 0.1) is 5.82 Å². The number of ether oxygens (including phenoxy) is 1. The first kappa shape index (κ1) is 12.2. The smallest absolute Gasteiger partial charge is 0.261 e. The van der Waals surface area contributed by atoms with E-state index in [2.05, 4.69) is 4.74 Å². The maximum absolute atomic E-state index is 13.2. The van der Waals surface area contributed by atoms with E-state index in [0.29, 0.717) is 0 Å². The topological polar surface area (TPSA) is 69.4 Å². The van der Waals surface area contributed by atoms with Crippen LogP contribution in [0.15, 0.2) is 17.0 Å². The molecule has 0 saturated carbocycles. The summed E-state index contributed by atoms with van der Waals surface area (Å²) in [7, 11) is 2.39. The zero-order valence-electron chi connectivity index (χ0n) is 7.83. The number of hydrogen-bond acceptors (Lipinski definition) is 4. The van der Waals surface area contributed by atoms with E-state index in [1.807, 2.05) is 0 Å². The molecule has 0 fully saturated rings. The molecule has 0 bridgehead atoms. The van der Waals surface area contributed by atoms with Gasteiger partial charge in [0, 0.05) is 17.2 Å². The third-order valence-electron chi connectivity index (χ3n) is 1.82. The quantitative estimate of drug-likeness (QED) is 0.823. The Morgan fingerprint density at radius 3 is 2.53 bits per heavy atom. The molecule has 0 radical (unpaired) electrons. The minimum Gasteiger partial charge on any atom is -0.494 e. The Labute approximate surface area is 91.2 Å². The zero-order chi connectivity index (χ0) is 11.6. The van der Waals surface area contributed by atoms with Gasteiger partial charge in [0.05, 0.1) is 12.0 Å². The van der Waals surface area contributed by atoms with Crippen molar-refractivity contribution in [3.8, 4) is 5.75 Å². The van der Waals surface area contributed by atoms with Crippen LogP contribution in [0.1, 0.15) is 5.56 Å². The first-order valence-electron chi connectivity index (χ1n) is 3.91. The van der Waals surface area contributed by atoms with Crippen LogP contribution in [0.3, 0.4) is 0 Å². The maximum Gasteiger partial charge on any atom is 0.261 e. The Morgan fingerprint density at radius 1 is 1.53 bits per heavy atom. The van der Waals surface area contributed by atoms with Crippen LogP contribution in [0.5, 0.6) is 5.75 Å². The molecule has 0 saturated heterocycles. The summed E-state index contributed by atoms with van der Waals surface area (Å²) >= 11 is 0. The van der Waals surface area contributed by atoms with Crippen LogP contribution in [0.2, 0.25) is 0 Å². The van der Waals surface area contributed by atoms with E-state index in [1.54, 1.807) is 0 Å². The molecule has 7 heteroatoms. The van der Waals surface area contributed by atoms with Gasteiger partial charge in [-0.25, -0.2) is 12.8 Å². The second-order valence-electron chi connectivity index (χ2n) is 2.74. The van der Waals surface area contributed by atoms with Gasteiger partial charge in [-0.2, -0.15) is 0 Å². The van der Waals surface area contributed by atoms with Gasteiger partial charge in [-0.15, -0.1) is 0 Å². The molecule has 0 unspecified atom stereocenters. The van der Waals surface area contributed by atoms with Gasteiger partial charge in [-0.3, -0.25) is 0 Å². The predicted octanol–water partition coefficient (Wildman–Crippen LogP) is 1.22. The van der Waals surface area contributed by atoms with Gasteiger partial charge >= 0.3 is 0 Å².